The number of aromatic amines is 1. The van der Waals surface area contributed by atoms with E-state index in [9.17, 15) is 4.79 Å². The second-order valence-corrected chi connectivity index (χ2v) is 1.48. The Balaban J connectivity index is 3.08. The Morgan fingerprint density at radius 1 is 1.78 bits per heavy atom. The third-order valence-corrected chi connectivity index (χ3v) is 0.805. The summed E-state index contributed by atoms with van der Waals surface area (Å²) in [6.07, 6.45) is 1.29. The van der Waals surface area contributed by atoms with Crippen molar-refractivity contribution in [3.8, 4) is 0 Å². The zero-order valence-corrected chi connectivity index (χ0v) is 5.04. The smallest absolute Gasteiger partial charge is 0.244 e. The fourth-order valence-electron chi connectivity index (χ4n) is 0.356. The lowest BCUT2D eigenvalue weighted by Gasteiger charge is -1.77. The van der Waals surface area contributed by atoms with E-state index in [-0.39, 0.29) is 0 Å². The van der Waals surface area contributed by atoms with Gasteiger partial charge in [0.1, 0.15) is 0 Å². The average Bonchev–Trinajstić information content (AvgIpc) is 2.18. The van der Waals surface area contributed by atoms with Gasteiger partial charge in [0.05, 0.1) is 0 Å². The van der Waals surface area contributed by atoms with Gasteiger partial charge in [-0.15, -0.1) is 0 Å². The quantitative estimate of drug-likeness (QED) is 0.588. The molecular formula is C3H3ClN4O. The molecule has 0 bridgehead atoms. The molecule has 0 atom stereocenters. The van der Waals surface area contributed by atoms with Gasteiger partial charge in [-0.1, -0.05) is 11.6 Å². The third kappa shape index (κ3) is 1.17. The van der Waals surface area contributed by atoms with E-state index in [1.807, 2.05) is 0 Å². The van der Waals surface area contributed by atoms with Crippen molar-refractivity contribution in [2.24, 2.45) is 0 Å². The molecule has 0 aromatic carbocycles. The highest BCUT2D eigenvalue weighted by molar-refractivity contribution is 6.26. The molecular weight excluding hydrogens is 144 g/mol. The molecule has 0 radical (unpaired) electrons. The minimum Gasteiger partial charge on any atom is -0.244 e. The third-order valence-electron chi connectivity index (χ3n) is 0.692. The summed E-state index contributed by atoms with van der Waals surface area (Å²) in [7, 11) is 0. The molecule has 0 saturated heterocycles. The van der Waals surface area contributed by atoms with Crippen molar-refractivity contribution < 1.29 is 0 Å². The van der Waals surface area contributed by atoms with Crippen molar-refractivity contribution in [2.75, 3.05) is 0 Å². The van der Waals surface area contributed by atoms with E-state index in [4.69, 9.17) is 11.6 Å². The van der Waals surface area contributed by atoms with Gasteiger partial charge < -0.3 is 0 Å². The van der Waals surface area contributed by atoms with Crippen molar-refractivity contribution in [1.29, 1.82) is 0 Å². The van der Waals surface area contributed by atoms with Crippen LogP contribution >= 0.6 is 11.6 Å². The zero-order chi connectivity index (χ0) is 6.69. The van der Waals surface area contributed by atoms with E-state index in [1.165, 1.54) is 11.7 Å². The minimum absolute atomic E-state index is 0.410. The fourth-order valence-corrected chi connectivity index (χ4v) is 0.463. The highest BCUT2D eigenvalue weighted by Crippen LogP contribution is 1.77. The number of nitrogens with one attached hydrogen (secondary N) is 1. The van der Waals surface area contributed by atoms with Crippen LogP contribution in [0.4, 0.5) is 0 Å². The molecule has 0 unspecified atom stereocenters. The first kappa shape index (κ1) is 6.03. The Labute approximate surface area is 54.9 Å². The molecule has 5 nitrogen and oxygen atoms in total. The van der Waals surface area contributed by atoms with Crippen LogP contribution in [0.1, 0.15) is 0 Å². The number of hydrogen-bond acceptors (Lipinski definition) is 3. The number of tetrazole rings is 1. The molecule has 0 saturated carbocycles. The second kappa shape index (κ2) is 2.45. The van der Waals surface area contributed by atoms with Gasteiger partial charge in [-0.3, -0.25) is 0 Å². The Morgan fingerprint density at radius 3 is 3.00 bits per heavy atom. The van der Waals surface area contributed by atoms with E-state index in [1.54, 1.807) is 0 Å². The summed E-state index contributed by atoms with van der Waals surface area (Å²) in [4.78, 5) is 10.5. The summed E-state index contributed by atoms with van der Waals surface area (Å²) in [6.45, 7) is 0. The summed E-state index contributed by atoms with van der Waals surface area (Å²) in [5.74, 6) is 0. The molecule has 48 valence electrons. The van der Waals surface area contributed by atoms with Crippen LogP contribution in [0.5, 0.6) is 0 Å². The van der Waals surface area contributed by atoms with Crippen LogP contribution in [0.15, 0.2) is 10.3 Å². The summed E-state index contributed by atoms with van der Waals surface area (Å²) >= 11 is 5.14. The molecule has 9 heavy (non-hydrogen) atoms. The lowest BCUT2D eigenvalue weighted by atomic mass is 11.0. The lowest BCUT2D eigenvalue weighted by Crippen LogP contribution is -2.11. The number of H-pyrrole nitrogens is 1. The molecule has 0 amide bonds. The maximum Gasteiger partial charge on any atom is 0.365 e. The SMILES string of the molecule is O=c1[nH]nnn1/C=C\Cl. The van der Waals surface area contributed by atoms with Gasteiger partial charge in [0.2, 0.25) is 0 Å². The first-order chi connectivity index (χ1) is 4.34. The largest absolute Gasteiger partial charge is 0.365 e. The molecule has 1 N–H and O–H groups in total. The zero-order valence-electron chi connectivity index (χ0n) is 4.28. The van der Waals surface area contributed by atoms with Crippen LogP contribution in [0.3, 0.4) is 0 Å². The molecule has 1 heterocycles. The van der Waals surface area contributed by atoms with Gasteiger partial charge in [0.15, 0.2) is 0 Å². The first-order valence-corrected chi connectivity index (χ1v) is 2.55. The Kier molecular flexibility index (Phi) is 1.64. The standard InChI is InChI=1S/C3H3ClN4O/c4-1-2-8-3(9)5-6-7-8/h1-2H,(H,5,7,9)/b2-1-. The summed E-state index contributed by atoms with van der Waals surface area (Å²) in [6, 6.07) is 0. The van der Waals surface area contributed by atoms with Gasteiger partial charge in [0.25, 0.3) is 0 Å². The molecule has 1 rings (SSSR count). The number of hydrogen-bond donors (Lipinski definition) is 1. The summed E-state index contributed by atoms with van der Waals surface area (Å²) in [5, 5.41) is 8.63. The van der Waals surface area contributed by atoms with Gasteiger partial charge in [-0.2, -0.15) is 4.68 Å². The normalized spacial score (nSPS) is 10.8. The van der Waals surface area contributed by atoms with Crippen LogP contribution in [-0.4, -0.2) is 20.2 Å². The molecule has 0 aliphatic carbocycles. The second-order valence-electron chi connectivity index (χ2n) is 1.23. The van der Waals surface area contributed by atoms with E-state index < -0.39 is 5.69 Å². The maximum absolute atomic E-state index is 10.5. The van der Waals surface area contributed by atoms with Crippen molar-refractivity contribution in [3.05, 3.63) is 16.0 Å². The maximum atomic E-state index is 10.5. The van der Waals surface area contributed by atoms with Gasteiger partial charge in [0, 0.05) is 11.7 Å². The van der Waals surface area contributed by atoms with Gasteiger partial charge >= 0.3 is 5.69 Å². The molecule has 6 heteroatoms. The van der Waals surface area contributed by atoms with Crippen molar-refractivity contribution >= 4 is 17.8 Å². The Morgan fingerprint density at radius 2 is 2.56 bits per heavy atom. The summed E-state index contributed by atoms with van der Waals surface area (Å²) < 4.78 is 0.979. The number of nitrogens with zero attached hydrogens (tertiary/aromatic N) is 3. The summed E-state index contributed by atoms with van der Waals surface area (Å²) in [5.41, 5.74) is 0.760. The van der Waals surface area contributed by atoms with Crippen LogP contribution in [0.2, 0.25) is 0 Å². The molecule has 0 fully saturated rings. The average molecular weight is 147 g/mol. The lowest BCUT2D eigenvalue weighted by molar-refractivity contribution is 0.813. The molecule has 0 aliphatic heterocycles. The van der Waals surface area contributed by atoms with Crippen molar-refractivity contribution in [2.45, 2.75) is 0 Å². The molecule has 1 aromatic heterocycles. The monoisotopic (exact) mass is 146 g/mol. The number of aromatic nitrogens is 4. The predicted octanol–water partition coefficient (Wildman–Crippen LogP) is -0.367. The molecule has 1 aromatic rings. The number of halogens is 1. The Bertz CT molecular complexity index is 261. The van der Waals surface area contributed by atoms with Crippen LogP contribution in [0, 0.1) is 0 Å². The van der Waals surface area contributed by atoms with E-state index in [0.717, 1.165) is 4.68 Å². The van der Waals surface area contributed by atoms with E-state index in [0.29, 0.717) is 0 Å². The highest BCUT2D eigenvalue weighted by atomic mass is 35.5. The topological polar surface area (TPSA) is 63.6 Å². The van der Waals surface area contributed by atoms with E-state index >= 15 is 0 Å². The van der Waals surface area contributed by atoms with Gasteiger partial charge in [-0.05, 0) is 10.4 Å². The minimum atomic E-state index is -0.410. The molecule has 0 spiro atoms. The highest BCUT2D eigenvalue weighted by Gasteiger charge is 1.89. The first-order valence-electron chi connectivity index (χ1n) is 2.11. The fraction of sp³-hybridized carbons (Fsp3) is 0. The molecule has 0 aliphatic rings. The number of rotatable bonds is 1. The van der Waals surface area contributed by atoms with Crippen LogP contribution in [-0.2, 0) is 0 Å². The van der Waals surface area contributed by atoms with Crippen LogP contribution in [0.25, 0.3) is 6.20 Å². The predicted molar refractivity (Wildman–Crippen MR) is 31.8 cm³/mol. The van der Waals surface area contributed by atoms with Crippen LogP contribution < -0.4 is 5.69 Å². The van der Waals surface area contributed by atoms with Gasteiger partial charge in [-0.25, -0.2) is 9.89 Å². The van der Waals surface area contributed by atoms with Crippen molar-refractivity contribution in [3.63, 3.8) is 0 Å². The van der Waals surface area contributed by atoms with Crippen molar-refractivity contribution in [1.82, 2.24) is 20.2 Å². The van der Waals surface area contributed by atoms with E-state index in [2.05, 4.69) is 15.5 Å². The Hall–Kier alpha value is -1.10.